The molecule has 2 heterocycles. The van der Waals surface area contributed by atoms with Crippen LogP contribution in [0.4, 0.5) is 0 Å². The maximum Gasteiger partial charge on any atom is 0.241 e. The molecule has 0 aliphatic carbocycles. The van der Waals surface area contributed by atoms with Gasteiger partial charge in [-0.2, -0.15) is 4.98 Å². The molecule has 1 aliphatic rings. The van der Waals surface area contributed by atoms with Crippen LogP contribution in [0.25, 0.3) is 11.4 Å². The van der Waals surface area contributed by atoms with E-state index in [-0.39, 0.29) is 11.8 Å². The molecule has 8 heteroatoms. The van der Waals surface area contributed by atoms with Gasteiger partial charge < -0.3 is 10.3 Å². The molecule has 2 N–H and O–H groups in total. The predicted molar refractivity (Wildman–Crippen MR) is 86.9 cm³/mol. The average Bonchev–Trinajstić information content (AvgIpc) is 2.96. The fourth-order valence-electron chi connectivity index (χ4n) is 2.67. The number of benzene rings is 1. The van der Waals surface area contributed by atoms with E-state index in [1.807, 2.05) is 0 Å². The number of hydrogen-bond donors (Lipinski definition) is 1. The normalized spacial score (nSPS) is 16.6. The summed E-state index contributed by atoms with van der Waals surface area (Å²) in [7, 11) is 0. The first-order chi connectivity index (χ1) is 11.0. The van der Waals surface area contributed by atoms with Crippen LogP contribution in [0.5, 0.6) is 0 Å². The van der Waals surface area contributed by atoms with Crippen LogP contribution >= 0.6 is 23.2 Å². The molecule has 1 aromatic heterocycles. The first kappa shape index (κ1) is 16.2. The highest BCUT2D eigenvalue weighted by Crippen LogP contribution is 2.28. The molecule has 0 atom stereocenters. The highest BCUT2D eigenvalue weighted by atomic mass is 35.5. The quantitative estimate of drug-likeness (QED) is 0.912. The molecule has 0 radical (unpaired) electrons. The van der Waals surface area contributed by atoms with Gasteiger partial charge in [-0.25, -0.2) is 0 Å². The first-order valence-corrected chi connectivity index (χ1v) is 8.08. The molecule has 1 aliphatic heterocycles. The zero-order valence-electron chi connectivity index (χ0n) is 12.3. The summed E-state index contributed by atoms with van der Waals surface area (Å²) in [5.41, 5.74) is 6.02. The number of nitrogens with zero attached hydrogens (tertiary/aromatic N) is 3. The highest BCUT2D eigenvalue weighted by molar-refractivity contribution is 6.36. The van der Waals surface area contributed by atoms with Crippen LogP contribution in [0, 0.1) is 5.92 Å². The number of aromatic nitrogens is 2. The number of hydrogen-bond acceptors (Lipinski definition) is 5. The van der Waals surface area contributed by atoms with Crippen molar-refractivity contribution in [2.45, 2.75) is 19.4 Å². The molecule has 0 bridgehead atoms. The van der Waals surface area contributed by atoms with Crippen LogP contribution in [0.2, 0.25) is 10.0 Å². The van der Waals surface area contributed by atoms with Gasteiger partial charge in [-0.15, -0.1) is 0 Å². The lowest BCUT2D eigenvalue weighted by molar-refractivity contribution is -0.123. The number of primary amides is 1. The van der Waals surface area contributed by atoms with Gasteiger partial charge in [-0.1, -0.05) is 28.4 Å². The number of likely N-dealkylation sites (tertiary alicyclic amines) is 1. The Hall–Kier alpha value is -1.63. The summed E-state index contributed by atoms with van der Waals surface area (Å²) in [5.74, 6) is 0.705. The molecule has 2 aromatic rings. The fourth-order valence-corrected chi connectivity index (χ4v) is 3.16. The number of carbonyl (C=O) groups is 1. The molecule has 3 rings (SSSR count). The molecule has 1 amide bonds. The third-order valence-corrected chi connectivity index (χ3v) is 4.54. The van der Waals surface area contributed by atoms with Gasteiger partial charge in [-0.3, -0.25) is 9.69 Å². The lowest BCUT2D eigenvalue weighted by Crippen LogP contribution is -2.38. The molecule has 0 saturated carbocycles. The van der Waals surface area contributed by atoms with Gasteiger partial charge in [0.2, 0.25) is 17.6 Å². The number of piperidine rings is 1. The number of rotatable bonds is 4. The van der Waals surface area contributed by atoms with Gasteiger partial charge in [0.1, 0.15) is 0 Å². The number of nitrogens with two attached hydrogens (primary N) is 1. The summed E-state index contributed by atoms with van der Waals surface area (Å²) in [5, 5.41) is 5.01. The first-order valence-electron chi connectivity index (χ1n) is 7.32. The van der Waals surface area contributed by atoms with Crippen molar-refractivity contribution in [3.8, 4) is 11.4 Å². The van der Waals surface area contributed by atoms with Crippen LogP contribution in [-0.2, 0) is 11.3 Å². The summed E-state index contributed by atoms with van der Waals surface area (Å²) in [6.45, 7) is 2.11. The summed E-state index contributed by atoms with van der Waals surface area (Å²) < 4.78 is 5.30. The fraction of sp³-hybridized carbons (Fsp3) is 0.400. The second kappa shape index (κ2) is 6.86. The molecule has 1 saturated heterocycles. The Balaban J connectivity index is 1.65. The van der Waals surface area contributed by atoms with Gasteiger partial charge in [0.05, 0.1) is 11.6 Å². The summed E-state index contributed by atoms with van der Waals surface area (Å²) >= 11 is 12.0. The van der Waals surface area contributed by atoms with E-state index in [0.717, 1.165) is 25.9 Å². The van der Waals surface area contributed by atoms with Gasteiger partial charge in [-0.05, 0) is 44.1 Å². The van der Waals surface area contributed by atoms with Gasteiger partial charge in [0, 0.05) is 16.5 Å². The SMILES string of the molecule is NC(=O)C1CCN(Cc2nc(-c3ccc(Cl)cc3Cl)no2)CC1. The van der Waals surface area contributed by atoms with E-state index in [1.54, 1.807) is 18.2 Å². The number of carbonyl (C=O) groups excluding carboxylic acids is 1. The van der Waals surface area contributed by atoms with Gasteiger partial charge in [0.15, 0.2) is 0 Å². The van der Waals surface area contributed by atoms with Crippen molar-refractivity contribution >= 4 is 29.1 Å². The number of amides is 1. The van der Waals surface area contributed by atoms with E-state index in [4.69, 9.17) is 33.5 Å². The Morgan fingerprint density at radius 1 is 1.35 bits per heavy atom. The zero-order chi connectivity index (χ0) is 16.4. The summed E-state index contributed by atoms with van der Waals surface area (Å²) in [6.07, 6.45) is 1.53. The minimum atomic E-state index is -0.220. The Labute approximate surface area is 143 Å². The van der Waals surface area contributed by atoms with Crippen LogP contribution in [0.15, 0.2) is 22.7 Å². The molecule has 6 nitrogen and oxygen atoms in total. The molecular weight excluding hydrogens is 339 g/mol. The average molecular weight is 355 g/mol. The topological polar surface area (TPSA) is 85.3 Å². The Bertz CT molecular complexity index is 711. The van der Waals surface area contributed by atoms with E-state index < -0.39 is 0 Å². The lowest BCUT2D eigenvalue weighted by atomic mass is 9.96. The van der Waals surface area contributed by atoms with E-state index in [1.165, 1.54) is 0 Å². The van der Waals surface area contributed by atoms with Gasteiger partial charge in [0.25, 0.3) is 0 Å². The van der Waals surface area contributed by atoms with Crippen molar-refractivity contribution in [2.24, 2.45) is 11.7 Å². The monoisotopic (exact) mass is 354 g/mol. The maximum atomic E-state index is 11.2. The molecule has 1 fully saturated rings. The Morgan fingerprint density at radius 2 is 2.09 bits per heavy atom. The lowest BCUT2D eigenvalue weighted by Gasteiger charge is -2.29. The highest BCUT2D eigenvalue weighted by Gasteiger charge is 2.24. The Morgan fingerprint density at radius 3 is 2.74 bits per heavy atom. The van der Waals surface area contributed by atoms with Crippen molar-refractivity contribution < 1.29 is 9.32 Å². The largest absolute Gasteiger partial charge is 0.369 e. The van der Waals surface area contributed by atoms with Crippen molar-refractivity contribution in [1.29, 1.82) is 0 Å². The third kappa shape index (κ3) is 3.83. The standard InChI is InChI=1S/C15H16Cl2N4O2/c16-10-1-2-11(12(17)7-10)15-19-13(23-20-15)8-21-5-3-9(4-6-21)14(18)22/h1-2,7,9H,3-6,8H2,(H2,18,22). The smallest absolute Gasteiger partial charge is 0.241 e. The third-order valence-electron chi connectivity index (χ3n) is 3.99. The van der Waals surface area contributed by atoms with Crippen molar-refractivity contribution in [3.05, 3.63) is 34.1 Å². The maximum absolute atomic E-state index is 11.2. The zero-order valence-corrected chi connectivity index (χ0v) is 13.8. The molecule has 23 heavy (non-hydrogen) atoms. The van der Waals surface area contributed by atoms with Crippen LogP contribution in [0.1, 0.15) is 18.7 Å². The van der Waals surface area contributed by atoms with E-state index in [2.05, 4.69) is 15.0 Å². The van der Waals surface area contributed by atoms with E-state index in [9.17, 15) is 4.79 Å². The second-order valence-corrected chi connectivity index (χ2v) is 6.43. The molecule has 122 valence electrons. The molecule has 1 aromatic carbocycles. The van der Waals surface area contributed by atoms with Crippen molar-refractivity contribution in [3.63, 3.8) is 0 Å². The Kier molecular flexibility index (Phi) is 4.84. The van der Waals surface area contributed by atoms with Crippen LogP contribution in [0.3, 0.4) is 0 Å². The summed E-state index contributed by atoms with van der Waals surface area (Å²) in [6, 6.07) is 5.13. The minimum Gasteiger partial charge on any atom is -0.369 e. The van der Waals surface area contributed by atoms with E-state index >= 15 is 0 Å². The minimum absolute atomic E-state index is 0.0302. The molecular formula is C15H16Cl2N4O2. The molecule has 0 spiro atoms. The number of halogens is 2. The summed E-state index contributed by atoms with van der Waals surface area (Å²) in [4.78, 5) is 17.7. The van der Waals surface area contributed by atoms with Crippen LogP contribution < -0.4 is 5.73 Å². The second-order valence-electron chi connectivity index (χ2n) is 5.59. The van der Waals surface area contributed by atoms with Gasteiger partial charge >= 0.3 is 0 Å². The predicted octanol–water partition coefficient (Wildman–Crippen LogP) is 2.74. The van der Waals surface area contributed by atoms with Crippen molar-refractivity contribution in [1.82, 2.24) is 15.0 Å². The van der Waals surface area contributed by atoms with Crippen LogP contribution in [-0.4, -0.2) is 34.0 Å². The molecule has 0 unspecified atom stereocenters. The van der Waals surface area contributed by atoms with E-state index in [0.29, 0.717) is 33.9 Å². The van der Waals surface area contributed by atoms with Crippen molar-refractivity contribution in [2.75, 3.05) is 13.1 Å².